The van der Waals surface area contributed by atoms with Gasteiger partial charge in [-0.05, 0) is 25.0 Å². The second-order valence-electron chi connectivity index (χ2n) is 4.10. The van der Waals surface area contributed by atoms with Crippen molar-refractivity contribution < 1.29 is 9.53 Å². The summed E-state index contributed by atoms with van der Waals surface area (Å²) in [6, 6.07) is 4.10. The van der Waals surface area contributed by atoms with Gasteiger partial charge in [0.1, 0.15) is 11.6 Å². The highest BCUT2D eigenvalue weighted by Gasteiger charge is 2.22. The molecule has 17 heavy (non-hydrogen) atoms. The second kappa shape index (κ2) is 5.52. The highest BCUT2D eigenvalue weighted by Crippen LogP contribution is 2.18. The first-order chi connectivity index (χ1) is 8.28. The van der Waals surface area contributed by atoms with Crippen LogP contribution >= 0.6 is 0 Å². The van der Waals surface area contributed by atoms with Crippen molar-refractivity contribution in [1.29, 1.82) is 0 Å². The summed E-state index contributed by atoms with van der Waals surface area (Å²) in [6.45, 7) is 0.595. The molecule has 2 rings (SSSR count). The van der Waals surface area contributed by atoms with Gasteiger partial charge in [0.25, 0.3) is 0 Å². The molecule has 1 aliphatic carbocycles. The number of nitrogens with zero attached hydrogens (tertiary/aromatic N) is 1. The van der Waals surface area contributed by atoms with E-state index in [1.807, 2.05) is 12.1 Å². The van der Waals surface area contributed by atoms with E-state index in [1.54, 1.807) is 13.3 Å². The monoisotopic (exact) mass is 235 g/mol. The first-order valence-corrected chi connectivity index (χ1v) is 5.81. The number of hydrogen-bond donors (Lipinski definition) is 2. The van der Waals surface area contributed by atoms with Gasteiger partial charge in [-0.15, -0.1) is 0 Å². The van der Waals surface area contributed by atoms with Crippen LogP contribution in [0, 0.1) is 0 Å². The molecule has 2 N–H and O–H groups in total. The topological polar surface area (TPSA) is 63.2 Å². The number of carbonyl (C=O) groups is 1. The largest absolute Gasteiger partial charge is 0.495 e. The van der Waals surface area contributed by atoms with Crippen molar-refractivity contribution in [1.82, 2.24) is 10.3 Å². The van der Waals surface area contributed by atoms with Gasteiger partial charge in [-0.2, -0.15) is 0 Å². The third-order valence-electron chi connectivity index (χ3n) is 2.57. The van der Waals surface area contributed by atoms with Crippen molar-refractivity contribution in [3.05, 3.63) is 18.3 Å². The summed E-state index contributed by atoms with van der Waals surface area (Å²) in [5.41, 5.74) is 0. The predicted octanol–water partition coefficient (Wildman–Crippen LogP) is 1.17. The maximum absolute atomic E-state index is 11.4. The van der Waals surface area contributed by atoms with Gasteiger partial charge in [-0.1, -0.05) is 0 Å². The molecule has 5 heteroatoms. The van der Waals surface area contributed by atoms with E-state index < -0.39 is 0 Å². The van der Waals surface area contributed by atoms with Crippen LogP contribution in [-0.4, -0.2) is 30.6 Å². The molecule has 0 saturated heterocycles. The molecule has 5 nitrogen and oxygen atoms in total. The van der Waals surface area contributed by atoms with E-state index >= 15 is 0 Å². The number of pyridine rings is 1. The first-order valence-electron chi connectivity index (χ1n) is 5.81. The summed E-state index contributed by atoms with van der Waals surface area (Å²) in [5.74, 6) is 1.58. The SMILES string of the molecule is COc1ccc(NCCC(=O)NC2CC2)nc1. The first kappa shape index (κ1) is 11.7. The fourth-order valence-electron chi connectivity index (χ4n) is 1.44. The Balaban J connectivity index is 1.67. The summed E-state index contributed by atoms with van der Waals surface area (Å²) < 4.78 is 5.01. The fraction of sp³-hybridized carbons (Fsp3) is 0.500. The minimum atomic E-state index is 0.105. The molecule has 0 atom stereocenters. The summed E-state index contributed by atoms with van der Waals surface area (Å²) in [4.78, 5) is 15.5. The zero-order valence-corrected chi connectivity index (χ0v) is 9.90. The van der Waals surface area contributed by atoms with Gasteiger partial charge in [0.15, 0.2) is 0 Å². The molecule has 92 valence electrons. The number of ether oxygens (including phenoxy) is 1. The number of methoxy groups -OCH3 is 1. The van der Waals surface area contributed by atoms with E-state index in [0.717, 1.165) is 24.4 Å². The minimum Gasteiger partial charge on any atom is -0.495 e. The Morgan fingerprint density at radius 2 is 2.35 bits per heavy atom. The third-order valence-corrected chi connectivity index (χ3v) is 2.57. The fourth-order valence-corrected chi connectivity index (χ4v) is 1.44. The number of hydrogen-bond acceptors (Lipinski definition) is 4. The van der Waals surface area contributed by atoms with E-state index in [4.69, 9.17) is 4.74 Å². The number of anilines is 1. The molecular weight excluding hydrogens is 218 g/mol. The molecule has 0 unspecified atom stereocenters. The molecule has 0 radical (unpaired) electrons. The van der Waals surface area contributed by atoms with Crippen molar-refractivity contribution in [2.24, 2.45) is 0 Å². The number of aromatic nitrogens is 1. The molecule has 0 aromatic carbocycles. The molecule has 1 saturated carbocycles. The molecular formula is C12H17N3O2. The van der Waals surface area contributed by atoms with E-state index in [9.17, 15) is 4.79 Å². The quantitative estimate of drug-likeness (QED) is 0.777. The average molecular weight is 235 g/mol. The molecule has 0 bridgehead atoms. The Hall–Kier alpha value is -1.78. The molecule has 1 aromatic rings. The molecule has 1 heterocycles. The van der Waals surface area contributed by atoms with Gasteiger partial charge in [0.05, 0.1) is 13.3 Å². The number of amides is 1. The maximum atomic E-state index is 11.4. The molecule has 1 aromatic heterocycles. The van der Waals surface area contributed by atoms with Crippen LogP contribution in [0.5, 0.6) is 5.75 Å². The van der Waals surface area contributed by atoms with Crippen LogP contribution in [0.3, 0.4) is 0 Å². The zero-order valence-electron chi connectivity index (χ0n) is 9.90. The van der Waals surface area contributed by atoms with Crippen molar-refractivity contribution in [2.45, 2.75) is 25.3 Å². The van der Waals surface area contributed by atoms with Crippen LogP contribution in [0.1, 0.15) is 19.3 Å². The Labute approximate surface area is 101 Å². The van der Waals surface area contributed by atoms with Crippen molar-refractivity contribution >= 4 is 11.7 Å². The Bertz CT molecular complexity index is 374. The lowest BCUT2D eigenvalue weighted by molar-refractivity contribution is -0.120. The zero-order chi connectivity index (χ0) is 12.1. The third kappa shape index (κ3) is 3.94. The molecule has 1 amide bonds. The van der Waals surface area contributed by atoms with E-state index in [-0.39, 0.29) is 5.91 Å². The molecule has 1 aliphatic rings. The van der Waals surface area contributed by atoms with Crippen LogP contribution in [0.2, 0.25) is 0 Å². The number of carbonyl (C=O) groups excluding carboxylic acids is 1. The summed E-state index contributed by atoms with van der Waals surface area (Å²) >= 11 is 0. The van der Waals surface area contributed by atoms with Gasteiger partial charge in [-0.25, -0.2) is 4.98 Å². The van der Waals surface area contributed by atoms with Gasteiger partial charge in [-0.3, -0.25) is 4.79 Å². The highest BCUT2D eigenvalue weighted by atomic mass is 16.5. The molecule has 1 fully saturated rings. The van der Waals surface area contributed by atoms with Crippen LogP contribution in [0.4, 0.5) is 5.82 Å². The lowest BCUT2D eigenvalue weighted by Gasteiger charge is -2.06. The predicted molar refractivity (Wildman–Crippen MR) is 65.1 cm³/mol. The summed E-state index contributed by atoms with van der Waals surface area (Å²) in [7, 11) is 1.60. The van der Waals surface area contributed by atoms with Gasteiger partial charge in [0, 0.05) is 19.0 Å². The van der Waals surface area contributed by atoms with Crippen LogP contribution in [0.15, 0.2) is 18.3 Å². The highest BCUT2D eigenvalue weighted by molar-refractivity contribution is 5.77. The van der Waals surface area contributed by atoms with Gasteiger partial charge >= 0.3 is 0 Å². The van der Waals surface area contributed by atoms with Crippen molar-refractivity contribution in [3.63, 3.8) is 0 Å². The summed E-state index contributed by atoms with van der Waals surface area (Å²) in [5, 5.41) is 6.03. The lowest BCUT2D eigenvalue weighted by Crippen LogP contribution is -2.27. The van der Waals surface area contributed by atoms with Crippen LogP contribution < -0.4 is 15.4 Å². The smallest absolute Gasteiger partial charge is 0.221 e. The standard InChI is InChI=1S/C12H17N3O2/c1-17-10-4-5-11(14-8-10)13-7-6-12(16)15-9-2-3-9/h4-5,8-9H,2-3,6-7H2,1H3,(H,13,14)(H,15,16). The van der Waals surface area contributed by atoms with Crippen LogP contribution in [-0.2, 0) is 4.79 Å². The van der Waals surface area contributed by atoms with Gasteiger partial charge in [0.2, 0.25) is 5.91 Å². The van der Waals surface area contributed by atoms with E-state index in [2.05, 4.69) is 15.6 Å². The number of rotatable bonds is 6. The Morgan fingerprint density at radius 3 is 2.94 bits per heavy atom. The van der Waals surface area contributed by atoms with Gasteiger partial charge < -0.3 is 15.4 Å². The minimum absolute atomic E-state index is 0.105. The summed E-state index contributed by atoms with van der Waals surface area (Å²) in [6.07, 6.45) is 4.37. The molecule has 0 spiro atoms. The Kier molecular flexibility index (Phi) is 3.80. The lowest BCUT2D eigenvalue weighted by atomic mass is 10.3. The van der Waals surface area contributed by atoms with Crippen LogP contribution in [0.25, 0.3) is 0 Å². The maximum Gasteiger partial charge on any atom is 0.221 e. The molecule has 0 aliphatic heterocycles. The number of nitrogens with one attached hydrogen (secondary N) is 2. The average Bonchev–Trinajstić information content (AvgIpc) is 3.14. The normalized spacial score (nSPS) is 14.2. The van der Waals surface area contributed by atoms with Crippen molar-refractivity contribution in [2.75, 3.05) is 19.0 Å². The Morgan fingerprint density at radius 1 is 1.53 bits per heavy atom. The van der Waals surface area contributed by atoms with E-state index in [0.29, 0.717) is 19.0 Å². The second-order valence-corrected chi connectivity index (χ2v) is 4.10. The van der Waals surface area contributed by atoms with E-state index in [1.165, 1.54) is 0 Å². The van der Waals surface area contributed by atoms with Crippen molar-refractivity contribution in [3.8, 4) is 5.75 Å².